The molecule has 0 aliphatic heterocycles. The second kappa shape index (κ2) is 4.86. The minimum atomic E-state index is -0.267. The zero-order valence-electron chi connectivity index (χ0n) is 15.1. The molecule has 5 saturated carbocycles. The van der Waals surface area contributed by atoms with Crippen molar-refractivity contribution in [1.29, 1.82) is 0 Å². The predicted octanol–water partition coefficient (Wildman–Crippen LogP) is 5.13. The molecule has 128 valence electrons. The van der Waals surface area contributed by atoms with Crippen LogP contribution in [0.4, 0.5) is 0 Å². The Morgan fingerprint density at radius 3 is 2.57 bits per heavy atom. The average Bonchev–Trinajstić information content (AvgIpc) is 2.53. The number of methoxy groups -OCH3 is 1. The number of carbonyl (C=O) groups excluding carboxylic acids is 1. The number of esters is 1. The van der Waals surface area contributed by atoms with Gasteiger partial charge in [-0.3, -0.25) is 4.79 Å². The van der Waals surface area contributed by atoms with Gasteiger partial charge in [0, 0.05) is 0 Å². The molecular weight excluding hydrogens is 284 g/mol. The van der Waals surface area contributed by atoms with Crippen LogP contribution in [-0.4, -0.2) is 13.1 Å². The lowest BCUT2D eigenvalue weighted by Gasteiger charge is -2.67. The number of fused-ring (bicyclic) bond motifs is 3. The second-order valence-corrected chi connectivity index (χ2v) is 9.58. The summed E-state index contributed by atoms with van der Waals surface area (Å²) < 4.78 is 5.25. The van der Waals surface area contributed by atoms with Gasteiger partial charge in [0.1, 0.15) is 0 Å². The highest BCUT2D eigenvalue weighted by Crippen LogP contribution is 2.72. The topological polar surface area (TPSA) is 26.3 Å². The van der Waals surface area contributed by atoms with Crippen molar-refractivity contribution in [3.05, 3.63) is 12.2 Å². The Hall–Kier alpha value is -0.790. The number of ether oxygens (including phenoxy) is 1. The molecule has 5 fully saturated rings. The molecule has 0 radical (unpaired) electrons. The van der Waals surface area contributed by atoms with Crippen molar-refractivity contribution in [3.8, 4) is 0 Å². The van der Waals surface area contributed by atoms with Crippen LogP contribution in [-0.2, 0) is 9.53 Å². The van der Waals surface area contributed by atoms with Crippen molar-refractivity contribution >= 4 is 5.97 Å². The van der Waals surface area contributed by atoms with Crippen molar-refractivity contribution in [2.24, 2.45) is 34.0 Å². The van der Waals surface area contributed by atoms with Crippen LogP contribution in [0.1, 0.15) is 71.6 Å². The summed E-state index contributed by atoms with van der Waals surface area (Å²) in [5, 5.41) is 0. The highest BCUT2D eigenvalue weighted by atomic mass is 16.5. The average molecular weight is 316 g/mol. The normalized spacial score (nSPS) is 51.8. The van der Waals surface area contributed by atoms with Crippen molar-refractivity contribution in [1.82, 2.24) is 0 Å². The van der Waals surface area contributed by atoms with E-state index in [1.807, 2.05) is 0 Å². The standard InChI is InChI=1S/C21H32O2/c1-14-13-21-10-6-15(14)12-17(21)19(2)8-5-9-20(3,18(22)23-4)16(19)7-11-21/h15-17H,1,5-13H2,2-4H3. The highest BCUT2D eigenvalue weighted by molar-refractivity contribution is 5.77. The molecular formula is C21H32O2. The molecule has 5 rings (SSSR count). The maximum Gasteiger partial charge on any atom is 0.311 e. The maximum absolute atomic E-state index is 12.6. The van der Waals surface area contributed by atoms with Crippen LogP contribution < -0.4 is 0 Å². The van der Waals surface area contributed by atoms with Gasteiger partial charge in [-0.1, -0.05) is 25.5 Å². The van der Waals surface area contributed by atoms with E-state index in [-0.39, 0.29) is 11.4 Å². The molecule has 0 saturated heterocycles. The second-order valence-electron chi connectivity index (χ2n) is 9.58. The van der Waals surface area contributed by atoms with E-state index in [4.69, 9.17) is 4.74 Å². The van der Waals surface area contributed by atoms with E-state index >= 15 is 0 Å². The Labute approximate surface area is 141 Å². The highest BCUT2D eigenvalue weighted by Gasteiger charge is 2.65. The molecule has 5 aliphatic carbocycles. The van der Waals surface area contributed by atoms with Gasteiger partial charge in [0.25, 0.3) is 0 Å². The van der Waals surface area contributed by atoms with Gasteiger partial charge in [-0.15, -0.1) is 0 Å². The van der Waals surface area contributed by atoms with Gasteiger partial charge in [0.2, 0.25) is 0 Å². The van der Waals surface area contributed by atoms with Crippen LogP contribution in [0.5, 0.6) is 0 Å². The van der Waals surface area contributed by atoms with Gasteiger partial charge in [-0.25, -0.2) is 0 Å². The number of rotatable bonds is 1. The van der Waals surface area contributed by atoms with Crippen molar-refractivity contribution in [2.75, 3.05) is 7.11 Å². The quantitative estimate of drug-likeness (QED) is 0.495. The molecule has 0 heterocycles. The molecule has 0 amide bonds. The fourth-order valence-electron chi connectivity index (χ4n) is 7.71. The summed E-state index contributed by atoms with van der Waals surface area (Å²) >= 11 is 0. The molecule has 0 N–H and O–H groups in total. The van der Waals surface area contributed by atoms with Gasteiger partial charge in [0.15, 0.2) is 0 Å². The van der Waals surface area contributed by atoms with Crippen molar-refractivity contribution < 1.29 is 9.53 Å². The molecule has 6 atom stereocenters. The summed E-state index contributed by atoms with van der Waals surface area (Å²) in [6, 6.07) is 0. The largest absolute Gasteiger partial charge is 0.469 e. The fourth-order valence-corrected chi connectivity index (χ4v) is 7.71. The summed E-state index contributed by atoms with van der Waals surface area (Å²) in [5.41, 5.74) is 2.09. The fraction of sp³-hybridized carbons (Fsp3) is 0.857. The molecule has 1 spiro atoms. The Kier molecular flexibility index (Phi) is 3.32. The summed E-state index contributed by atoms with van der Waals surface area (Å²) in [7, 11) is 1.57. The molecule has 23 heavy (non-hydrogen) atoms. The van der Waals surface area contributed by atoms with E-state index in [0.717, 1.165) is 18.3 Å². The number of carbonyl (C=O) groups is 1. The first kappa shape index (κ1) is 15.7. The van der Waals surface area contributed by atoms with Crippen LogP contribution in [0, 0.1) is 34.0 Å². The number of allylic oxidation sites excluding steroid dienone is 1. The van der Waals surface area contributed by atoms with Gasteiger partial charge in [-0.05, 0) is 86.9 Å². The van der Waals surface area contributed by atoms with E-state index in [9.17, 15) is 4.79 Å². The number of hydrogen-bond acceptors (Lipinski definition) is 2. The molecule has 2 nitrogen and oxygen atoms in total. The third-order valence-electron chi connectivity index (χ3n) is 8.76. The van der Waals surface area contributed by atoms with Crippen molar-refractivity contribution in [2.45, 2.75) is 71.6 Å². The van der Waals surface area contributed by atoms with E-state index < -0.39 is 0 Å². The van der Waals surface area contributed by atoms with Crippen LogP contribution in [0.15, 0.2) is 12.2 Å². The first-order valence-electron chi connectivity index (χ1n) is 9.62. The zero-order valence-corrected chi connectivity index (χ0v) is 15.1. The first-order chi connectivity index (χ1) is 10.9. The third kappa shape index (κ3) is 1.90. The summed E-state index contributed by atoms with van der Waals surface area (Å²) in [4.78, 5) is 12.6. The Morgan fingerprint density at radius 1 is 1.13 bits per heavy atom. The van der Waals surface area contributed by atoms with Gasteiger partial charge in [-0.2, -0.15) is 0 Å². The van der Waals surface area contributed by atoms with Gasteiger partial charge >= 0.3 is 5.97 Å². The monoisotopic (exact) mass is 316 g/mol. The Bertz CT molecular complexity index is 552. The van der Waals surface area contributed by atoms with Gasteiger partial charge in [0.05, 0.1) is 12.5 Å². The van der Waals surface area contributed by atoms with E-state index in [2.05, 4.69) is 20.4 Å². The molecule has 0 aromatic carbocycles. The molecule has 2 heteroatoms. The van der Waals surface area contributed by atoms with Gasteiger partial charge < -0.3 is 4.74 Å². The Balaban J connectivity index is 1.73. The summed E-state index contributed by atoms with van der Waals surface area (Å²) in [6.45, 7) is 9.12. The maximum atomic E-state index is 12.6. The van der Waals surface area contributed by atoms with E-state index in [1.54, 1.807) is 7.11 Å². The molecule has 0 aromatic rings. The smallest absolute Gasteiger partial charge is 0.311 e. The van der Waals surface area contributed by atoms with E-state index in [1.165, 1.54) is 56.9 Å². The minimum absolute atomic E-state index is 0.0368. The summed E-state index contributed by atoms with van der Waals surface area (Å²) in [5.74, 6) is 2.08. The van der Waals surface area contributed by atoms with E-state index in [0.29, 0.717) is 16.7 Å². The van der Waals surface area contributed by atoms with Crippen LogP contribution in [0.3, 0.4) is 0 Å². The lowest BCUT2D eigenvalue weighted by atomic mass is 9.37. The minimum Gasteiger partial charge on any atom is -0.469 e. The van der Waals surface area contributed by atoms with Crippen molar-refractivity contribution in [3.63, 3.8) is 0 Å². The molecule has 0 aromatic heterocycles. The summed E-state index contributed by atoms with van der Waals surface area (Å²) in [6.07, 6.45) is 11.4. The molecule has 6 unspecified atom stereocenters. The SMILES string of the molecule is C=C1CC23CCC1CC2C1(C)CCCC(C)(C(=O)OC)C1CC3. The third-order valence-corrected chi connectivity index (χ3v) is 8.76. The first-order valence-corrected chi connectivity index (χ1v) is 9.62. The molecule has 2 bridgehead atoms. The lowest BCUT2D eigenvalue weighted by molar-refractivity contribution is -0.192. The van der Waals surface area contributed by atoms with Crippen LogP contribution >= 0.6 is 0 Å². The van der Waals surface area contributed by atoms with Crippen LogP contribution in [0.2, 0.25) is 0 Å². The molecule has 5 aliphatic rings. The number of hydrogen-bond donors (Lipinski definition) is 0. The predicted molar refractivity (Wildman–Crippen MR) is 91.8 cm³/mol. The Morgan fingerprint density at radius 2 is 1.87 bits per heavy atom. The zero-order chi connectivity index (χ0) is 16.5. The van der Waals surface area contributed by atoms with Crippen LogP contribution in [0.25, 0.3) is 0 Å². The lowest BCUT2D eigenvalue weighted by Crippen LogP contribution is -2.61.